The first-order valence-electron chi connectivity index (χ1n) is 14.0. The molecule has 9 heteroatoms. The van der Waals surface area contributed by atoms with Crippen LogP contribution in [0.3, 0.4) is 0 Å². The smallest absolute Gasteiger partial charge is 0.321 e. The Kier molecular flexibility index (Phi) is 6.60. The number of benzene rings is 3. The van der Waals surface area contributed by atoms with Crippen molar-refractivity contribution in [1.82, 2.24) is 19.5 Å². The number of hydrogen-bond donors (Lipinski definition) is 2. The van der Waals surface area contributed by atoms with E-state index in [4.69, 9.17) is 9.47 Å². The van der Waals surface area contributed by atoms with Crippen LogP contribution in [0.15, 0.2) is 79.0 Å². The summed E-state index contributed by atoms with van der Waals surface area (Å²) in [6.07, 6.45) is 1.63. The number of β-amino-alcohol motifs (C(OH)–C–C–N with tert-alkyl or cyclic N) is 1. The van der Waals surface area contributed by atoms with Crippen molar-refractivity contribution in [2.24, 2.45) is 0 Å². The average Bonchev–Trinajstić information content (AvgIpc) is 3.60. The second-order valence-corrected chi connectivity index (χ2v) is 10.9. The zero-order chi connectivity index (χ0) is 28.8. The van der Waals surface area contributed by atoms with Crippen LogP contribution in [0.4, 0.5) is 0 Å². The molecule has 42 heavy (non-hydrogen) atoms. The van der Waals surface area contributed by atoms with Crippen molar-refractivity contribution in [3.8, 4) is 45.1 Å². The van der Waals surface area contributed by atoms with Crippen LogP contribution in [0.5, 0.6) is 11.5 Å². The van der Waals surface area contributed by atoms with E-state index in [1.165, 1.54) is 0 Å². The molecule has 2 N–H and O–H groups in total. The van der Waals surface area contributed by atoms with E-state index in [2.05, 4.69) is 47.5 Å². The maximum Gasteiger partial charge on any atom is 0.321 e. The zero-order valence-electron chi connectivity index (χ0n) is 23.1. The Labute approximate surface area is 242 Å². The van der Waals surface area contributed by atoms with Gasteiger partial charge in [0, 0.05) is 31.3 Å². The quantitative estimate of drug-likeness (QED) is 0.303. The number of ether oxygens (including phenoxy) is 2. The number of likely N-dealkylation sites (tertiary alicyclic amines) is 1. The highest BCUT2D eigenvalue weighted by molar-refractivity contribution is 5.80. The minimum atomic E-state index is -0.900. The highest BCUT2D eigenvalue weighted by Gasteiger charge is 2.35. The van der Waals surface area contributed by atoms with Crippen molar-refractivity contribution in [1.29, 1.82) is 0 Å². The number of aliphatic hydroxyl groups is 1. The van der Waals surface area contributed by atoms with Gasteiger partial charge < -0.3 is 19.7 Å². The van der Waals surface area contributed by atoms with Gasteiger partial charge in [0.25, 0.3) is 0 Å². The lowest BCUT2D eigenvalue weighted by Crippen LogP contribution is -2.35. The lowest BCUT2D eigenvalue weighted by Gasteiger charge is -2.20. The Hall–Kier alpha value is -4.73. The first-order valence-corrected chi connectivity index (χ1v) is 14.0. The predicted octanol–water partition coefficient (Wildman–Crippen LogP) is 4.83. The number of carboxylic acid groups (broad SMARTS) is 1. The van der Waals surface area contributed by atoms with E-state index >= 15 is 0 Å². The van der Waals surface area contributed by atoms with Gasteiger partial charge in [0.15, 0.2) is 23.0 Å². The molecule has 1 fully saturated rings. The molecule has 2 aliphatic rings. The molecule has 9 nitrogen and oxygen atoms in total. The number of nitrogens with zero attached hydrogens (tertiary/aromatic N) is 4. The van der Waals surface area contributed by atoms with Gasteiger partial charge in [-0.25, -0.2) is 0 Å². The second kappa shape index (κ2) is 10.6. The van der Waals surface area contributed by atoms with Crippen LogP contribution in [0.25, 0.3) is 39.3 Å². The number of fused-ring (bicyclic) bond motifs is 2. The summed E-state index contributed by atoms with van der Waals surface area (Å²) >= 11 is 0. The van der Waals surface area contributed by atoms with Crippen LogP contribution in [-0.2, 0) is 11.3 Å². The maximum atomic E-state index is 11.6. The van der Waals surface area contributed by atoms with E-state index in [0.717, 1.165) is 61.9 Å². The molecule has 1 saturated heterocycles. The summed E-state index contributed by atoms with van der Waals surface area (Å²) in [5.41, 5.74) is 8.16. The van der Waals surface area contributed by atoms with Crippen molar-refractivity contribution in [3.63, 3.8) is 0 Å². The minimum absolute atomic E-state index is 0.253. The molecule has 0 unspecified atom stereocenters. The number of aliphatic carboxylic acids is 1. The number of hydrogen-bond acceptors (Lipinski definition) is 7. The van der Waals surface area contributed by atoms with Crippen molar-refractivity contribution in [2.75, 3.05) is 19.8 Å². The molecule has 0 aliphatic carbocycles. The molecule has 0 spiro atoms. The van der Waals surface area contributed by atoms with Gasteiger partial charge in [-0.1, -0.05) is 48.5 Å². The molecule has 0 bridgehead atoms. The molecular weight excluding hydrogens is 532 g/mol. The molecular formula is C33H30N4O5. The van der Waals surface area contributed by atoms with Crippen LogP contribution in [0, 0.1) is 6.92 Å². The summed E-state index contributed by atoms with van der Waals surface area (Å²) in [7, 11) is 0. The Bertz CT molecular complexity index is 1800. The summed E-state index contributed by atoms with van der Waals surface area (Å²) in [6.45, 7) is 4.07. The molecule has 0 radical (unpaired) electrons. The Morgan fingerprint density at radius 1 is 0.905 bits per heavy atom. The largest absolute Gasteiger partial charge is 0.486 e. The number of aliphatic hydroxyl groups excluding tert-OH is 1. The van der Waals surface area contributed by atoms with Gasteiger partial charge in [-0.3, -0.25) is 14.1 Å². The molecule has 7 rings (SSSR count). The number of pyridine rings is 1. The third-order valence-corrected chi connectivity index (χ3v) is 8.17. The van der Waals surface area contributed by atoms with Gasteiger partial charge in [-0.05, 0) is 64.6 Å². The van der Waals surface area contributed by atoms with E-state index in [0.29, 0.717) is 26.3 Å². The van der Waals surface area contributed by atoms with Crippen molar-refractivity contribution in [2.45, 2.75) is 32.0 Å². The van der Waals surface area contributed by atoms with Crippen LogP contribution in [0.1, 0.15) is 17.5 Å². The number of carboxylic acids is 1. The van der Waals surface area contributed by atoms with Crippen LogP contribution >= 0.6 is 0 Å². The van der Waals surface area contributed by atoms with Gasteiger partial charge in [-0.15, -0.1) is 10.2 Å². The van der Waals surface area contributed by atoms with Crippen molar-refractivity contribution < 1.29 is 24.5 Å². The van der Waals surface area contributed by atoms with Gasteiger partial charge in [-0.2, -0.15) is 0 Å². The summed E-state index contributed by atoms with van der Waals surface area (Å²) in [6, 6.07) is 23.7. The molecule has 2 atom stereocenters. The minimum Gasteiger partial charge on any atom is -0.486 e. The Morgan fingerprint density at radius 2 is 1.62 bits per heavy atom. The SMILES string of the molecule is Cc1c(-c2ccc3c(c2)OCCO3)cccc1-c1ccn2c(-c3ccc(CN4C[C@H](O)C[C@H]4C(=O)O)cc3)nnc2c1. The maximum absolute atomic E-state index is 11.6. The number of carbonyl (C=O) groups is 1. The van der Waals surface area contributed by atoms with E-state index < -0.39 is 18.1 Å². The first-order chi connectivity index (χ1) is 20.4. The van der Waals surface area contributed by atoms with Crippen LogP contribution in [-0.4, -0.2) is 67.6 Å². The molecule has 0 amide bonds. The monoisotopic (exact) mass is 562 g/mol. The molecule has 2 aromatic heterocycles. The van der Waals surface area contributed by atoms with E-state index in [-0.39, 0.29) is 6.42 Å². The summed E-state index contributed by atoms with van der Waals surface area (Å²) in [5.74, 6) is 1.38. The molecule has 3 aromatic carbocycles. The topological polar surface area (TPSA) is 109 Å². The fourth-order valence-electron chi connectivity index (χ4n) is 6.03. The second-order valence-electron chi connectivity index (χ2n) is 10.9. The third kappa shape index (κ3) is 4.76. The highest BCUT2D eigenvalue weighted by Crippen LogP contribution is 2.38. The fourth-order valence-corrected chi connectivity index (χ4v) is 6.03. The Balaban J connectivity index is 1.14. The fraction of sp³-hybridized carbons (Fsp3) is 0.242. The average molecular weight is 563 g/mol. The molecule has 4 heterocycles. The van der Waals surface area contributed by atoms with Gasteiger partial charge in [0.2, 0.25) is 0 Å². The van der Waals surface area contributed by atoms with Crippen molar-refractivity contribution in [3.05, 3.63) is 90.1 Å². The van der Waals surface area contributed by atoms with E-state index in [9.17, 15) is 15.0 Å². The van der Waals surface area contributed by atoms with Gasteiger partial charge >= 0.3 is 5.97 Å². The lowest BCUT2D eigenvalue weighted by atomic mass is 9.93. The summed E-state index contributed by atoms with van der Waals surface area (Å²) < 4.78 is 13.5. The summed E-state index contributed by atoms with van der Waals surface area (Å²) in [5, 5.41) is 28.4. The zero-order valence-corrected chi connectivity index (χ0v) is 23.1. The van der Waals surface area contributed by atoms with Crippen molar-refractivity contribution >= 4 is 11.6 Å². The molecule has 2 aliphatic heterocycles. The number of aromatic nitrogens is 3. The highest BCUT2D eigenvalue weighted by atomic mass is 16.6. The summed E-state index contributed by atoms with van der Waals surface area (Å²) in [4.78, 5) is 13.4. The molecule has 212 valence electrons. The van der Waals surface area contributed by atoms with Crippen LogP contribution < -0.4 is 9.47 Å². The normalized spacial score (nSPS) is 18.4. The number of rotatable bonds is 6. The lowest BCUT2D eigenvalue weighted by molar-refractivity contribution is -0.142. The first kappa shape index (κ1) is 26.2. The molecule has 0 saturated carbocycles. The van der Waals surface area contributed by atoms with Gasteiger partial charge in [0.1, 0.15) is 19.3 Å². The van der Waals surface area contributed by atoms with E-state index in [1.807, 2.05) is 53.1 Å². The predicted molar refractivity (Wildman–Crippen MR) is 157 cm³/mol. The van der Waals surface area contributed by atoms with Crippen LogP contribution in [0.2, 0.25) is 0 Å². The molecule has 5 aromatic rings. The van der Waals surface area contributed by atoms with Gasteiger partial charge in [0.05, 0.1) is 6.10 Å². The standard InChI is InChI=1S/C33H30N4O5/c1-20-26(23-9-10-29-30(15-23)42-14-13-41-29)3-2-4-27(20)24-11-12-37-31(16-24)34-35-32(37)22-7-5-21(6-8-22)18-36-19-25(38)17-28(36)33(39)40/h2-12,15-16,25,28,38H,13-14,17-19H2,1H3,(H,39,40)/t25-,28+/m1/s1. The Morgan fingerprint density at radius 3 is 2.38 bits per heavy atom. The van der Waals surface area contributed by atoms with E-state index in [1.54, 1.807) is 4.90 Å². The third-order valence-electron chi connectivity index (χ3n) is 8.17.